The Morgan fingerprint density at radius 1 is 0.938 bits per heavy atom. The van der Waals surface area contributed by atoms with Crippen LogP contribution in [0.4, 0.5) is 14.5 Å². The van der Waals surface area contributed by atoms with Crippen LogP contribution in [0, 0.1) is 18.6 Å². The zero-order valence-electron chi connectivity index (χ0n) is 18.1. The molecule has 1 fully saturated rings. The average Bonchev–Trinajstić information content (AvgIpc) is 2.80. The second-order valence-electron chi connectivity index (χ2n) is 8.16. The first kappa shape index (κ1) is 22.6. The molecule has 0 aliphatic carbocycles. The summed E-state index contributed by atoms with van der Waals surface area (Å²) in [6, 6.07) is 19.0. The van der Waals surface area contributed by atoms with Crippen molar-refractivity contribution < 1.29 is 13.5 Å². The van der Waals surface area contributed by atoms with Crippen LogP contribution < -0.4 is 9.64 Å². The van der Waals surface area contributed by atoms with Crippen LogP contribution in [0.15, 0.2) is 66.7 Å². The van der Waals surface area contributed by atoms with E-state index >= 15 is 0 Å². The van der Waals surface area contributed by atoms with E-state index in [1.54, 1.807) is 18.2 Å². The quantitative estimate of drug-likeness (QED) is 0.417. The van der Waals surface area contributed by atoms with Gasteiger partial charge in [0, 0.05) is 50.4 Å². The fourth-order valence-corrected chi connectivity index (χ4v) is 4.21. The summed E-state index contributed by atoms with van der Waals surface area (Å²) in [5.74, 6) is 0.0729. The van der Waals surface area contributed by atoms with Gasteiger partial charge >= 0.3 is 0 Å². The molecule has 0 amide bonds. The number of hydrogen-bond acceptors (Lipinski definition) is 3. The Morgan fingerprint density at radius 3 is 2.38 bits per heavy atom. The maximum absolute atomic E-state index is 14.6. The highest BCUT2D eigenvalue weighted by atomic mass is 35.5. The summed E-state index contributed by atoms with van der Waals surface area (Å²) < 4.78 is 34.0. The van der Waals surface area contributed by atoms with Gasteiger partial charge in [0.25, 0.3) is 0 Å². The highest BCUT2D eigenvalue weighted by Crippen LogP contribution is 2.32. The third kappa shape index (κ3) is 5.59. The van der Waals surface area contributed by atoms with Crippen LogP contribution in [-0.4, -0.2) is 37.6 Å². The summed E-state index contributed by atoms with van der Waals surface area (Å²) in [5.41, 5.74) is 2.61. The molecule has 0 aromatic heterocycles. The highest BCUT2D eigenvalue weighted by Gasteiger charge is 2.22. The maximum Gasteiger partial charge on any atom is 0.139 e. The van der Waals surface area contributed by atoms with Gasteiger partial charge in [0.1, 0.15) is 23.5 Å². The average molecular weight is 457 g/mol. The van der Waals surface area contributed by atoms with E-state index < -0.39 is 6.10 Å². The van der Waals surface area contributed by atoms with E-state index in [0.29, 0.717) is 22.8 Å². The molecule has 3 aromatic rings. The molecule has 0 saturated carbocycles. The van der Waals surface area contributed by atoms with Gasteiger partial charge in [0.05, 0.1) is 5.02 Å². The lowest BCUT2D eigenvalue weighted by Gasteiger charge is -2.36. The van der Waals surface area contributed by atoms with E-state index in [4.69, 9.17) is 16.3 Å². The molecule has 1 heterocycles. The Morgan fingerprint density at radius 2 is 1.66 bits per heavy atom. The van der Waals surface area contributed by atoms with Crippen molar-refractivity contribution in [2.75, 3.05) is 37.6 Å². The molecule has 1 aliphatic heterocycles. The minimum atomic E-state index is -0.439. The van der Waals surface area contributed by atoms with E-state index in [1.807, 2.05) is 37.3 Å². The van der Waals surface area contributed by atoms with E-state index in [9.17, 15) is 8.78 Å². The Bertz CT molecular complexity index is 1040. The van der Waals surface area contributed by atoms with Crippen molar-refractivity contribution in [3.05, 3.63) is 94.5 Å². The molecular formula is C26H27ClF2N2O. The van der Waals surface area contributed by atoms with Crippen LogP contribution in [0.5, 0.6) is 5.75 Å². The first-order chi connectivity index (χ1) is 15.5. The van der Waals surface area contributed by atoms with Crippen molar-refractivity contribution in [3.63, 3.8) is 0 Å². The van der Waals surface area contributed by atoms with Gasteiger partial charge in [-0.25, -0.2) is 8.78 Å². The number of piperazine rings is 1. The van der Waals surface area contributed by atoms with Crippen molar-refractivity contribution in [1.82, 2.24) is 4.90 Å². The highest BCUT2D eigenvalue weighted by molar-refractivity contribution is 6.32. The molecule has 1 saturated heterocycles. The van der Waals surface area contributed by atoms with Gasteiger partial charge in [-0.3, -0.25) is 4.90 Å². The zero-order chi connectivity index (χ0) is 22.5. The topological polar surface area (TPSA) is 15.7 Å². The molecule has 4 rings (SSSR count). The van der Waals surface area contributed by atoms with Gasteiger partial charge in [-0.2, -0.15) is 0 Å². The van der Waals surface area contributed by atoms with Gasteiger partial charge in [0.15, 0.2) is 0 Å². The molecule has 32 heavy (non-hydrogen) atoms. The van der Waals surface area contributed by atoms with Gasteiger partial charge in [-0.05, 0) is 55.0 Å². The van der Waals surface area contributed by atoms with E-state index in [0.717, 1.165) is 44.0 Å². The Kier molecular flexibility index (Phi) is 7.28. The fourth-order valence-electron chi connectivity index (χ4n) is 4.05. The number of halogens is 3. The molecule has 0 spiro atoms. The molecule has 0 N–H and O–H groups in total. The third-order valence-corrected chi connectivity index (χ3v) is 6.19. The Balaban J connectivity index is 1.41. The van der Waals surface area contributed by atoms with Crippen molar-refractivity contribution in [2.24, 2.45) is 0 Å². The molecule has 1 atom stereocenters. The van der Waals surface area contributed by atoms with Crippen LogP contribution in [-0.2, 0) is 0 Å². The summed E-state index contributed by atoms with van der Waals surface area (Å²) in [6.45, 7) is 6.24. The van der Waals surface area contributed by atoms with Crippen molar-refractivity contribution in [2.45, 2.75) is 19.4 Å². The molecule has 1 aliphatic rings. The second kappa shape index (κ2) is 10.3. The molecule has 3 aromatic carbocycles. The van der Waals surface area contributed by atoms with Gasteiger partial charge in [0.2, 0.25) is 0 Å². The summed E-state index contributed by atoms with van der Waals surface area (Å²) in [5, 5.41) is 0.518. The summed E-state index contributed by atoms with van der Waals surface area (Å²) >= 11 is 6.34. The van der Waals surface area contributed by atoms with Crippen LogP contribution in [0.1, 0.15) is 23.7 Å². The molecule has 168 valence electrons. The smallest absolute Gasteiger partial charge is 0.139 e. The number of ether oxygens (including phenoxy) is 1. The number of benzene rings is 3. The molecule has 6 heteroatoms. The molecular weight excluding hydrogens is 430 g/mol. The lowest BCUT2D eigenvalue weighted by molar-refractivity contribution is 0.157. The number of nitrogens with zero attached hydrogens (tertiary/aromatic N) is 2. The predicted octanol–water partition coefficient (Wildman–Crippen LogP) is 6.26. The van der Waals surface area contributed by atoms with E-state index in [2.05, 4.69) is 9.80 Å². The number of rotatable bonds is 7. The van der Waals surface area contributed by atoms with Crippen LogP contribution in [0.25, 0.3) is 0 Å². The molecule has 0 bridgehead atoms. The monoisotopic (exact) mass is 456 g/mol. The van der Waals surface area contributed by atoms with Gasteiger partial charge in [-0.1, -0.05) is 35.9 Å². The summed E-state index contributed by atoms with van der Waals surface area (Å²) in [7, 11) is 0. The maximum atomic E-state index is 14.6. The standard InChI is InChI=1S/C26H27ClF2N2O/c1-19-6-11-23(27)26(18-19)32-25(22-4-2-3-5-24(22)29)12-13-30-14-16-31(17-15-30)21-9-7-20(28)8-10-21/h2-11,18,25H,12-17H2,1H3/t25-/m0/s1. The zero-order valence-corrected chi connectivity index (χ0v) is 18.9. The van der Waals surface area contributed by atoms with E-state index in [-0.39, 0.29) is 11.6 Å². The van der Waals surface area contributed by atoms with Crippen molar-refractivity contribution >= 4 is 17.3 Å². The predicted molar refractivity (Wildman–Crippen MR) is 126 cm³/mol. The fraction of sp³-hybridized carbons (Fsp3) is 0.308. The lowest BCUT2D eigenvalue weighted by Crippen LogP contribution is -2.46. The number of hydrogen-bond donors (Lipinski definition) is 0. The summed E-state index contributed by atoms with van der Waals surface area (Å²) in [4.78, 5) is 4.61. The Hall–Kier alpha value is -2.63. The first-order valence-corrected chi connectivity index (χ1v) is 11.3. The van der Waals surface area contributed by atoms with Gasteiger partial charge in [-0.15, -0.1) is 0 Å². The van der Waals surface area contributed by atoms with Crippen LogP contribution in [0.3, 0.4) is 0 Å². The number of anilines is 1. The van der Waals surface area contributed by atoms with Crippen molar-refractivity contribution in [1.29, 1.82) is 0 Å². The van der Waals surface area contributed by atoms with Crippen molar-refractivity contribution in [3.8, 4) is 5.75 Å². The normalized spacial score (nSPS) is 15.6. The first-order valence-electron chi connectivity index (χ1n) is 10.9. The lowest BCUT2D eigenvalue weighted by atomic mass is 10.0. The largest absolute Gasteiger partial charge is 0.484 e. The van der Waals surface area contributed by atoms with Crippen LogP contribution in [0.2, 0.25) is 5.02 Å². The minimum absolute atomic E-state index is 0.222. The second-order valence-corrected chi connectivity index (χ2v) is 8.56. The molecule has 0 unspecified atom stereocenters. The SMILES string of the molecule is Cc1ccc(Cl)c(O[C@@H](CCN2CCN(c3ccc(F)cc3)CC2)c2ccccc2F)c1. The Labute approximate surface area is 193 Å². The third-order valence-electron chi connectivity index (χ3n) is 5.88. The minimum Gasteiger partial charge on any atom is -0.484 e. The number of aryl methyl sites for hydroxylation is 1. The van der Waals surface area contributed by atoms with E-state index in [1.165, 1.54) is 18.2 Å². The molecule has 3 nitrogen and oxygen atoms in total. The summed E-state index contributed by atoms with van der Waals surface area (Å²) in [6.07, 6.45) is 0.201. The molecule has 0 radical (unpaired) electrons. The van der Waals surface area contributed by atoms with Crippen LogP contribution >= 0.6 is 11.6 Å². The van der Waals surface area contributed by atoms with Gasteiger partial charge < -0.3 is 9.64 Å².